The van der Waals surface area contributed by atoms with Crippen LogP contribution in [-0.2, 0) is 0 Å². The highest BCUT2D eigenvalue weighted by Crippen LogP contribution is 1.82. The van der Waals surface area contributed by atoms with Gasteiger partial charge in [-0.25, -0.2) is 9.98 Å². The van der Waals surface area contributed by atoms with E-state index < -0.39 is 0 Å². The van der Waals surface area contributed by atoms with E-state index in [4.69, 9.17) is 5.26 Å². The minimum Gasteiger partial charge on any atom is -0.309 e. The summed E-state index contributed by atoms with van der Waals surface area (Å²) >= 11 is 0. The summed E-state index contributed by atoms with van der Waals surface area (Å²) in [7, 11) is 4.12. The number of nitriles is 1. The maximum atomic E-state index is 7.32. The fraction of sp³-hybridized carbons (Fsp3) is 0.800. The van der Waals surface area contributed by atoms with Crippen molar-refractivity contribution in [2.45, 2.75) is 20.3 Å². The molecule has 0 N–H and O–H groups in total. The monoisotopic (exact) mass is 232 g/mol. The number of nitrogens with zero attached hydrogens (tertiary/aromatic N) is 4. The smallest absolute Gasteiger partial charge is 0.0892 e. The standard InChI is InChI=1S/C8H17N3.C2H3N.ClH/c1-4-9-8-10-6-5-7-11(2)3;1-2-3;/h4-7H2,1-3H3;1H3;1H. The molecule has 0 rings (SSSR count). The quantitative estimate of drug-likeness (QED) is 0.538. The van der Waals surface area contributed by atoms with Crippen molar-refractivity contribution in [2.24, 2.45) is 9.98 Å². The molecular weight excluding hydrogens is 212 g/mol. The van der Waals surface area contributed by atoms with Gasteiger partial charge in [0.1, 0.15) is 0 Å². The third-order valence-electron chi connectivity index (χ3n) is 1.17. The van der Waals surface area contributed by atoms with Gasteiger partial charge in [-0.05, 0) is 34.0 Å². The van der Waals surface area contributed by atoms with E-state index in [1.807, 2.05) is 6.92 Å². The topological polar surface area (TPSA) is 51.8 Å². The van der Waals surface area contributed by atoms with Crippen LogP contribution in [-0.4, -0.2) is 44.6 Å². The SMILES string of the molecule is CC#N.CCN=C=NCCCN(C)C.Cl. The summed E-state index contributed by atoms with van der Waals surface area (Å²) in [5, 5.41) is 7.32. The van der Waals surface area contributed by atoms with E-state index in [1.54, 1.807) is 6.07 Å². The van der Waals surface area contributed by atoms with Crippen molar-refractivity contribution in [3.05, 3.63) is 0 Å². The third-order valence-corrected chi connectivity index (χ3v) is 1.17. The first-order valence-corrected chi connectivity index (χ1v) is 4.72. The third kappa shape index (κ3) is 32.0. The molecule has 0 fully saturated rings. The Morgan fingerprint density at radius 2 is 1.80 bits per heavy atom. The van der Waals surface area contributed by atoms with Crippen LogP contribution in [0.25, 0.3) is 0 Å². The van der Waals surface area contributed by atoms with E-state index in [-0.39, 0.29) is 12.4 Å². The predicted molar refractivity (Wildman–Crippen MR) is 67.0 cm³/mol. The highest BCUT2D eigenvalue weighted by molar-refractivity contribution is 5.85. The maximum absolute atomic E-state index is 7.32. The van der Waals surface area contributed by atoms with Crippen molar-refractivity contribution in [3.8, 4) is 6.07 Å². The van der Waals surface area contributed by atoms with Gasteiger partial charge in [0.15, 0.2) is 0 Å². The van der Waals surface area contributed by atoms with Gasteiger partial charge in [0.25, 0.3) is 0 Å². The fourth-order valence-electron chi connectivity index (χ4n) is 0.637. The normalized spacial score (nSPS) is 7.47. The Balaban J connectivity index is -0.000000320. The molecule has 0 aromatic carbocycles. The zero-order valence-corrected chi connectivity index (χ0v) is 10.8. The molecule has 88 valence electrons. The molecular formula is C10H21ClN4. The average Bonchev–Trinajstić information content (AvgIpc) is 2.12. The van der Waals surface area contributed by atoms with Crippen molar-refractivity contribution in [2.75, 3.05) is 33.7 Å². The van der Waals surface area contributed by atoms with E-state index in [1.165, 1.54) is 6.92 Å². The van der Waals surface area contributed by atoms with Gasteiger partial charge in [0.05, 0.1) is 18.6 Å². The Kier molecular flexibility index (Phi) is 24.7. The summed E-state index contributed by atoms with van der Waals surface area (Å²) in [6.45, 7) is 6.10. The van der Waals surface area contributed by atoms with Crippen LogP contribution in [0, 0.1) is 11.3 Å². The lowest BCUT2D eigenvalue weighted by Crippen LogP contribution is -2.13. The Labute approximate surface area is 99.1 Å². The highest BCUT2D eigenvalue weighted by atomic mass is 35.5. The number of hydrogen-bond acceptors (Lipinski definition) is 4. The van der Waals surface area contributed by atoms with Crippen LogP contribution in [0.4, 0.5) is 0 Å². The molecule has 0 aliphatic rings. The zero-order chi connectivity index (χ0) is 11.2. The number of aliphatic imine (C=N–C) groups is 2. The Bertz CT molecular complexity index is 202. The van der Waals surface area contributed by atoms with Gasteiger partial charge in [-0.3, -0.25) is 0 Å². The average molecular weight is 233 g/mol. The second kappa shape index (κ2) is 18.8. The minimum absolute atomic E-state index is 0. The Morgan fingerprint density at radius 3 is 2.20 bits per heavy atom. The molecule has 0 heterocycles. The molecule has 0 radical (unpaired) electrons. The lowest BCUT2D eigenvalue weighted by atomic mass is 10.4. The van der Waals surface area contributed by atoms with Crippen LogP contribution in [0.1, 0.15) is 20.3 Å². The molecule has 0 amide bonds. The van der Waals surface area contributed by atoms with Gasteiger partial charge in [0.2, 0.25) is 0 Å². The first-order chi connectivity index (χ1) is 6.68. The molecule has 4 nitrogen and oxygen atoms in total. The molecule has 0 spiro atoms. The van der Waals surface area contributed by atoms with E-state index in [0.717, 1.165) is 26.1 Å². The van der Waals surface area contributed by atoms with Crippen molar-refractivity contribution in [3.63, 3.8) is 0 Å². The lowest BCUT2D eigenvalue weighted by molar-refractivity contribution is 0.403. The van der Waals surface area contributed by atoms with Crippen molar-refractivity contribution >= 4 is 18.4 Å². The Hall–Kier alpha value is -0.880. The first kappa shape index (κ1) is 19.7. The number of hydrogen-bond donors (Lipinski definition) is 0. The second-order valence-electron chi connectivity index (χ2n) is 2.84. The molecule has 0 aromatic rings. The van der Waals surface area contributed by atoms with Crippen molar-refractivity contribution in [1.29, 1.82) is 5.26 Å². The lowest BCUT2D eigenvalue weighted by Gasteiger charge is -2.05. The van der Waals surface area contributed by atoms with Gasteiger partial charge in [-0.1, -0.05) is 0 Å². The first-order valence-electron chi connectivity index (χ1n) is 4.72. The van der Waals surface area contributed by atoms with Crippen LogP contribution in [0.2, 0.25) is 0 Å². The van der Waals surface area contributed by atoms with E-state index in [9.17, 15) is 0 Å². The highest BCUT2D eigenvalue weighted by Gasteiger charge is 1.86. The summed E-state index contributed by atoms with van der Waals surface area (Å²) < 4.78 is 0. The predicted octanol–water partition coefficient (Wildman–Crippen LogP) is 2.08. The van der Waals surface area contributed by atoms with Crippen LogP contribution >= 0.6 is 12.4 Å². The summed E-state index contributed by atoms with van der Waals surface area (Å²) in [4.78, 5) is 9.99. The molecule has 0 aromatic heterocycles. The molecule has 0 saturated heterocycles. The molecule has 0 atom stereocenters. The molecule has 15 heavy (non-hydrogen) atoms. The van der Waals surface area contributed by atoms with E-state index in [0.29, 0.717) is 0 Å². The zero-order valence-electron chi connectivity index (χ0n) is 10.0. The molecule has 0 saturated carbocycles. The van der Waals surface area contributed by atoms with Crippen LogP contribution in [0.3, 0.4) is 0 Å². The van der Waals surface area contributed by atoms with Gasteiger partial charge in [0, 0.05) is 13.5 Å². The van der Waals surface area contributed by atoms with Gasteiger partial charge in [-0.15, -0.1) is 12.4 Å². The number of halogens is 1. The summed E-state index contributed by atoms with van der Waals surface area (Å²) in [6.07, 6.45) is 1.08. The molecule has 5 heteroatoms. The summed E-state index contributed by atoms with van der Waals surface area (Å²) in [6, 6.07) is 4.39. The molecule has 0 bridgehead atoms. The second-order valence-corrected chi connectivity index (χ2v) is 2.84. The largest absolute Gasteiger partial charge is 0.309 e. The van der Waals surface area contributed by atoms with E-state index >= 15 is 0 Å². The van der Waals surface area contributed by atoms with Gasteiger partial charge in [-0.2, -0.15) is 5.26 Å². The van der Waals surface area contributed by atoms with Gasteiger partial charge < -0.3 is 4.90 Å². The van der Waals surface area contributed by atoms with Crippen LogP contribution in [0.5, 0.6) is 0 Å². The van der Waals surface area contributed by atoms with Gasteiger partial charge >= 0.3 is 0 Å². The van der Waals surface area contributed by atoms with Crippen LogP contribution in [0.15, 0.2) is 9.98 Å². The number of rotatable bonds is 5. The van der Waals surface area contributed by atoms with Crippen molar-refractivity contribution < 1.29 is 0 Å². The summed E-state index contributed by atoms with van der Waals surface area (Å²) in [5.41, 5.74) is 0. The van der Waals surface area contributed by atoms with E-state index in [2.05, 4.69) is 35.0 Å². The van der Waals surface area contributed by atoms with Crippen LogP contribution < -0.4 is 0 Å². The molecule has 0 aliphatic heterocycles. The van der Waals surface area contributed by atoms with Crippen molar-refractivity contribution in [1.82, 2.24) is 4.90 Å². The fourth-order valence-corrected chi connectivity index (χ4v) is 0.637. The summed E-state index contributed by atoms with van der Waals surface area (Å²) in [5.74, 6) is 0. The Morgan fingerprint density at radius 1 is 1.27 bits per heavy atom. The molecule has 0 aliphatic carbocycles. The maximum Gasteiger partial charge on any atom is 0.0892 e. The minimum atomic E-state index is 0. The molecule has 0 unspecified atom stereocenters.